The summed E-state index contributed by atoms with van der Waals surface area (Å²) in [6.07, 6.45) is 5.60. The Hall–Kier alpha value is 0.280. The van der Waals surface area contributed by atoms with Crippen molar-refractivity contribution in [1.82, 2.24) is 0 Å². The number of hydrogen-bond acceptors (Lipinski definition) is 5. The van der Waals surface area contributed by atoms with Crippen LogP contribution in [0, 0.1) is 0 Å². The first-order valence-electron chi connectivity index (χ1n) is 10.5. The molecule has 0 radical (unpaired) electrons. The first-order chi connectivity index (χ1) is 14.3. The van der Waals surface area contributed by atoms with E-state index in [4.69, 9.17) is 0 Å². The van der Waals surface area contributed by atoms with Crippen LogP contribution in [0.4, 0.5) is 0 Å². The Morgan fingerprint density at radius 3 is 2.00 bits per heavy atom. The predicted octanol–water partition coefficient (Wildman–Crippen LogP) is 8.69. The van der Waals surface area contributed by atoms with E-state index in [1.165, 1.54) is 0 Å². The van der Waals surface area contributed by atoms with Gasteiger partial charge in [0.05, 0.1) is 0 Å². The zero-order valence-electron chi connectivity index (χ0n) is 17.6. The Balaban J connectivity index is 2.20. The van der Waals surface area contributed by atoms with E-state index in [0.717, 1.165) is 36.2 Å². The van der Waals surface area contributed by atoms with E-state index >= 15 is 0 Å². The van der Waals surface area contributed by atoms with Crippen molar-refractivity contribution in [3.05, 3.63) is 36.4 Å². The quantitative estimate of drug-likeness (QED) is 0.193. The fourth-order valence-electron chi connectivity index (χ4n) is 3.24. The summed E-state index contributed by atoms with van der Waals surface area (Å²) in [6.45, 7) is 0.905. The van der Waals surface area contributed by atoms with E-state index in [9.17, 15) is 22.8 Å². The van der Waals surface area contributed by atoms with Gasteiger partial charge in [-0.2, -0.15) is 0 Å². The standard InChI is InChI=1S/C19H32O5P6/c1-3-5-9-15-30(24,16-10-6-4-2)29(23)28(22)27(21)26(20)19-14-13-17-11-7-8-12-18(17)25-19/h7-8,11-14,26-29H,3-6,9-10,15-16H2,1-2H3. The van der Waals surface area contributed by atoms with Crippen LogP contribution >= 0.6 is 44.0 Å². The molecule has 0 spiro atoms. The Labute approximate surface area is 183 Å². The molecule has 30 heavy (non-hydrogen) atoms. The Kier molecular flexibility index (Phi) is 11.6. The molecule has 2 aromatic rings. The fraction of sp³-hybridized carbons (Fsp3) is 0.526. The van der Waals surface area contributed by atoms with Gasteiger partial charge in [0.1, 0.15) is 6.83 Å². The molecule has 168 valence electrons. The third kappa shape index (κ3) is 7.14. The lowest BCUT2D eigenvalue weighted by Crippen LogP contribution is -1.93. The van der Waals surface area contributed by atoms with Crippen LogP contribution in [0.2, 0.25) is 0 Å². The van der Waals surface area contributed by atoms with Crippen molar-refractivity contribution in [2.75, 3.05) is 12.3 Å². The van der Waals surface area contributed by atoms with Crippen molar-refractivity contribution in [1.29, 1.82) is 0 Å². The number of fused-ring (bicyclic) bond motifs is 1. The van der Waals surface area contributed by atoms with Gasteiger partial charge in [0.25, 0.3) is 0 Å². The van der Waals surface area contributed by atoms with E-state index in [1.807, 2.05) is 44.2 Å². The van der Waals surface area contributed by atoms with Crippen LogP contribution in [0.1, 0.15) is 52.4 Å². The third-order valence-electron chi connectivity index (χ3n) is 5.05. The van der Waals surface area contributed by atoms with Crippen molar-refractivity contribution >= 4 is 59.6 Å². The third-order valence-corrected chi connectivity index (χ3v) is 38.2. The highest BCUT2D eigenvalue weighted by atomic mass is 32.8. The minimum atomic E-state index is -3.16. The first-order valence-corrected chi connectivity index (χ1v) is 22.9. The van der Waals surface area contributed by atoms with Gasteiger partial charge in [0, 0.05) is 22.5 Å². The molecule has 0 fully saturated rings. The average Bonchev–Trinajstić information content (AvgIpc) is 2.77. The molecule has 0 saturated carbocycles. The van der Waals surface area contributed by atoms with Gasteiger partial charge in [-0.15, -0.1) is 0 Å². The van der Waals surface area contributed by atoms with Crippen molar-refractivity contribution in [3.8, 4) is 0 Å². The minimum absolute atomic E-state index is 0.303. The molecule has 0 aliphatic rings. The lowest BCUT2D eigenvalue weighted by molar-refractivity contribution is 0.566. The van der Waals surface area contributed by atoms with Gasteiger partial charge in [0.15, 0.2) is 29.0 Å². The number of hydrogen-bond donors (Lipinski definition) is 0. The van der Waals surface area contributed by atoms with Crippen molar-refractivity contribution < 1.29 is 22.8 Å². The lowest BCUT2D eigenvalue weighted by Gasteiger charge is -2.18. The average molecular weight is 526 g/mol. The van der Waals surface area contributed by atoms with E-state index in [2.05, 4.69) is 0 Å². The summed E-state index contributed by atoms with van der Waals surface area (Å²) in [6, 6.07) is 11.2. The highest BCUT2D eigenvalue weighted by Crippen LogP contribution is 2.90. The smallest absolute Gasteiger partial charge is 0.195 e. The fourth-order valence-corrected chi connectivity index (χ4v) is 43.4. The molecule has 0 amide bonds. The van der Waals surface area contributed by atoms with E-state index < -0.39 is 35.9 Å². The molecule has 4 unspecified atom stereocenters. The number of unbranched alkanes of at least 4 members (excludes halogenated alkanes) is 4. The van der Waals surface area contributed by atoms with Gasteiger partial charge in [-0.1, -0.05) is 72.0 Å². The molecule has 0 saturated heterocycles. The SMILES string of the molecule is CCCCCP(=O)(CCCCC)[PH](=O)[PH](=O)[PH](=O)[PH](=O)c1ccc2ccccc2p1. The zero-order chi connectivity index (χ0) is 22.1. The Morgan fingerprint density at radius 2 is 1.40 bits per heavy atom. The summed E-state index contributed by atoms with van der Waals surface area (Å²) in [5, 5.41) is 2.46. The van der Waals surface area contributed by atoms with Crippen LogP contribution in [0.3, 0.4) is 0 Å². The molecule has 4 atom stereocenters. The topological polar surface area (TPSA) is 85.3 Å². The first kappa shape index (κ1) is 26.5. The molecular weight excluding hydrogens is 494 g/mol. The summed E-state index contributed by atoms with van der Waals surface area (Å²) < 4.78 is 65.4. The van der Waals surface area contributed by atoms with Crippen molar-refractivity contribution in [3.63, 3.8) is 0 Å². The summed E-state index contributed by atoms with van der Waals surface area (Å²) in [5.74, 6) is 0. The van der Waals surface area contributed by atoms with Gasteiger partial charge in [0.2, 0.25) is 0 Å². The monoisotopic (exact) mass is 526 g/mol. The second kappa shape index (κ2) is 13.1. The van der Waals surface area contributed by atoms with Crippen molar-refractivity contribution in [2.45, 2.75) is 52.4 Å². The maximum atomic E-state index is 13.5. The van der Waals surface area contributed by atoms with Gasteiger partial charge < -0.3 is 22.8 Å². The molecule has 1 aromatic carbocycles. The summed E-state index contributed by atoms with van der Waals surface area (Å²) in [7, 11) is -11.4. The van der Waals surface area contributed by atoms with Crippen LogP contribution in [0.25, 0.3) is 10.5 Å². The summed E-state index contributed by atoms with van der Waals surface area (Å²) in [4.78, 5) is 0. The van der Waals surface area contributed by atoms with Crippen LogP contribution in [-0.2, 0) is 22.8 Å². The van der Waals surface area contributed by atoms with Crippen LogP contribution in [0.5, 0.6) is 0 Å². The van der Waals surface area contributed by atoms with E-state index in [0.29, 0.717) is 38.4 Å². The second-order valence-corrected chi connectivity index (χ2v) is 30.9. The molecule has 5 nitrogen and oxygen atoms in total. The highest BCUT2D eigenvalue weighted by molar-refractivity contribution is 8.77. The van der Waals surface area contributed by atoms with Gasteiger partial charge >= 0.3 is 0 Å². The molecule has 0 N–H and O–H groups in total. The predicted molar refractivity (Wildman–Crippen MR) is 138 cm³/mol. The van der Waals surface area contributed by atoms with E-state index in [1.54, 1.807) is 6.07 Å². The molecule has 0 bridgehead atoms. The van der Waals surface area contributed by atoms with Crippen LogP contribution in [0.15, 0.2) is 36.4 Å². The Morgan fingerprint density at radius 1 is 0.800 bits per heavy atom. The molecule has 11 heteroatoms. The minimum Gasteiger partial charge on any atom is -0.315 e. The largest absolute Gasteiger partial charge is 0.315 e. The van der Waals surface area contributed by atoms with Gasteiger partial charge in [-0.05, 0) is 30.4 Å². The number of rotatable bonds is 13. The Bertz CT molecular complexity index is 992. The highest BCUT2D eigenvalue weighted by Gasteiger charge is 2.36. The number of benzene rings is 1. The normalized spacial score (nSPS) is 16.5. The van der Waals surface area contributed by atoms with Gasteiger partial charge in [-0.3, -0.25) is 0 Å². The summed E-state index contributed by atoms with van der Waals surface area (Å²) in [5.41, 5.74) is 0. The molecular formula is C19H32O5P6. The van der Waals surface area contributed by atoms with Crippen molar-refractivity contribution in [2.24, 2.45) is 0 Å². The molecule has 0 aliphatic heterocycles. The van der Waals surface area contributed by atoms with E-state index in [-0.39, 0.29) is 0 Å². The van der Waals surface area contributed by atoms with Crippen LogP contribution < -0.4 is 5.04 Å². The van der Waals surface area contributed by atoms with Crippen LogP contribution in [-0.4, -0.2) is 12.3 Å². The molecule has 1 aromatic heterocycles. The lowest BCUT2D eigenvalue weighted by atomic mass is 10.2. The molecule has 1 heterocycles. The molecule has 2 rings (SSSR count). The van der Waals surface area contributed by atoms with Gasteiger partial charge in [-0.25, -0.2) is 0 Å². The second-order valence-electron chi connectivity index (χ2n) is 7.43. The molecule has 0 aliphatic carbocycles. The maximum Gasteiger partial charge on any atom is 0.195 e. The summed E-state index contributed by atoms with van der Waals surface area (Å²) >= 11 is 0. The maximum absolute atomic E-state index is 13.5. The zero-order valence-corrected chi connectivity index (χ0v) is 23.3.